The molecule has 0 aromatic heterocycles. The predicted octanol–water partition coefficient (Wildman–Crippen LogP) is 1.57. The number of halogens is 1. The number of hydrogen-bond acceptors (Lipinski definition) is 6. The van der Waals surface area contributed by atoms with Gasteiger partial charge >= 0.3 is 17.9 Å². The predicted molar refractivity (Wildman–Crippen MR) is 70.4 cm³/mol. The lowest BCUT2D eigenvalue weighted by atomic mass is 9.80. The number of carbonyl (C=O) groups excluding carboxylic acids is 3. The molecule has 0 spiro atoms. The first-order chi connectivity index (χ1) is 8.83. The molecule has 0 aliphatic rings. The van der Waals surface area contributed by atoms with E-state index >= 15 is 0 Å². The number of carbonyl (C=O) groups is 3. The molecule has 0 aliphatic carbocycles. The zero-order chi connectivity index (χ0) is 15.1. The van der Waals surface area contributed by atoms with E-state index in [9.17, 15) is 14.4 Å². The number of hydrogen-bond donors (Lipinski definition) is 0. The molecular weight excluding hydrogens is 320 g/mol. The fourth-order valence-corrected chi connectivity index (χ4v) is 2.13. The molecule has 0 aromatic carbocycles. The molecule has 0 N–H and O–H groups in total. The first-order valence-electron chi connectivity index (χ1n) is 5.41. The van der Waals surface area contributed by atoms with Crippen LogP contribution >= 0.6 is 15.9 Å². The highest BCUT2D eigenvalue weighted by Crippen LogP contribution is 2.36. The van der Waals surface area contributed by atoms with Crippen molar-refractivity contribution in [3.8, 4) is 0 Å². The molecule has 0 fully saturated rings. The van der Waals surface area contributed by atoms with Gasteiger partial charge in [0.25, 0.3) is 0 Å². The second-order valence-electron chi connectivity index (χ2n) is 3.84. The number of ether oxygens (including phenoxy) is 3. The summed E-state index contributed by atoms with van der Waals surface area (Å²) in [6, 6.07) is 0. The molecule has 19 heavy (non-hydrogen) atoms. The fourth-order valence-electron chi connectivity index (χ4n) is 1.66. The molecule has 0 aliphatic heterocycles. The van der Waals surface area contributed by atoms with Gasteiger partial charge in [-0.2, -0.15) is 0 Å². The van der Waals surface area contributed by atoms with E-state index in [0.717, 1.165) is 14.2 Å². The third kappa shape index (κ3) is 4.66. The Morgan fingerprint density at radius 1 is 1.05 bits per heavy atom. The van der Waals surface area contributed by atoms with Gasteiger partial charge in [-0.3, -0.25) is 14.4 Å². The Bertz CT molecular complexity index is 360. The Morgan fingerprint density at radius 3 is 1.84 bits per heavy atom. The average Bonchev–Trinajstić information content (AvgIpc) is 2.40. The first kappa shape index (κ1) is 17.6. The highest BCUT2D eigenvalue weighted by molar-refractivity contribution is 9.11. The monoisotopic (exact) mass is 336 g/mol. The van der Waals surface area contributed by atoms with Crippen LogP contribution in [-0.4, -0.2) is 39.2 Å². The van der Waals surface area contributed by atoms with E-state index < -0.39 is 23.3 Å². The Kier molecular flexibility index (Phi) is 7.36. The standard InChI is InChI=1S/C12H17BrO6/c1-8(13)7-12(10(15)18-3,11(16)19-4)6-5-9(14)17-2/h1,5-7H2,2-4H3. The van der Waals surface area contributed by atoms with Gasteiger partial charge in [-0.25, -0.2) is 0 Å². The lowest BCUT2D eigenvalue weighted by molar-refractivity contribution is -0.170. The highest BCUT2D eigenvalue weighted by atomic mass is 79.9. The van der Waals surface area contributed by atoms with Gasteiger partial charge in [-0.05, 0) is 10.9 Å². The summed E-state index contributed by atoms with van der Waals surface area (Å²) < 4.78 is 14.2. The summed E-state index contributed by atoms with van der Waals surface area (Å²) in [4.78, 5) is 35.1. The van der Waals surface area contributed by atoms with Gasteiger partial charge < -0.3 is 14.2 Å². The van der Waals surface area contributed by atoms with Gasteiger partial charge in [0.15, 0.2) is 5.41 Å². The van der Waals surface area contributed by atoms with E-state index in [1.54, 1.807) is 0 Å². The van der Waals surface area contributed by atoms with Gasteiger partial charge in [-0.15, -0.1) is 0 Å². The fraction of sp³-hybridized carbons (Fsp3) is 0.583. The molecule has 7 heteroatoms. The molecule has 0 saturated carbocycles. The van der Waals surface area contributed by atoms with Crippen LogP contribution in [-0.2, 0) is 28.6 Å². The Morgan fingerprint density at radius 2 is 1.53 bits per heavy atom. The summed E-state index contributed by atoms with van der Waals surface area (Å²) in [6.45, 7) is 3.61. The minimum atomic E-state index is -1.60. The molecule has 0 rings (SSSR count). The first-order valence-corrected chi connectivity index (χ1v) is 6.20. The topological polar surface area (TPSA) is 78.9 Å². The Hall–Kier alpha value is -1.37. The summed E-state index contributed by atoms with van der Waals surface area (Å²) in [6.07, 6.45) is -0.214. The third-order valence-corrected chi connectivity index (χ3v) is 2.91. The molecule has 0 aromatic rings. The maximum atomic E-state index is 11.9. The number of rotatable bonds is 7. The summed E-state index contributed by atoms with van der Waals surface area (Å²) in [5, 5.41) is 0. The van der Waals surface area contributed by atoms with Gasteiger partial charge in [0.2, 0.25) is 0 Å². The summed E-state index contributed by atoms with van der Waals surface area (Å²) in [5.41, 5.74) is -1.60. The van der Waals surface area contributed by atoms with Crippen molar-refractivity contribution >= 4 is 33.8 Å². The smallest absolute Gasteiger partial charge is 0.323 e. The van der Waals surface area contributed by atoms with Crippen molar-refractivity contribution in [1.82, 2.24) is 0 Å². The van der Waals surface area contributed by atoms with Crippen molar-refractivity contribution in [3.05, 3.63) is 11.1 Å². The molecule has 0 unspecified atom stereocenters. The molecule has 108 valence electrons. The number of allylic oxidation sites excluding steroid dienone is 1. The molecule has 0 heterocycles. The molecule has 6 nitrogen and oxygen atoms in total. The third-order valence-electron chi connectivity index (χ3n) is 2.63. The second kappa shape index (κ2) is 7.93. The van der Waals surface area contributed by atoms with Crippen molar-refractivity contribution < 1.29 is 28.6 Å². The van der Waals surface area contributed by atoms with Gasteiger partial charge in [-0.1, -0.05) is 22.5 Å². The van der Waals surface area contributed by atoms with Crippen LogP contribution in [0.25, 0.3) is 0 Å². The van der Waals surface area contributed by atoms with E-state index in [-0.39, 0.29) is 19.3 Å². The van der Waals surface area contributed by atoms with E-state index in [4.69, 9.17) is 0 Å². The lowest BCUT2D eigenvalue weighted by Crippen LogP contribution is -2.41. The molecule has 0 amide bonds. The van der Waals surface area contributed by atoms with E-state index in [1.165, 1.54) is 7.11 Å². The maximum absolute atomic E-state index is 11.9. The van der Waals surface area contributed by atoms with Gasteiger partial charge in [0.05, 0.1) is 21.3 Å². The van der Waals surface area contributed by atoms with Crippen LogP contribution in [0.2, 0.25) is 0 Å². The van der Waals surface area contributed by atoms with Crippen LogP contribution in [0.3, 0.4) is 0 Å². The maximum Gasteiger partial charge on any atom is 0.323 e. The molecular formula is C12H17BrO6. The van der Waals surface area contributed by atoms with Crippen molar-refractivity contribution in [2.75, 3.05) is 21.3 Å². The zero-order valence-electron chi connectivity index (χ0n) is 11.2. The van der Waals surface area contributed by atoms with Gasteiger partial charge in [0.1, 0.15) is 0 Å². The van der Waals surface area contributed by atoms with Crippen molar-refractivity contribution in [2.24, 2.45) is 5.41 Å². The van der Waals surface area contributed by atoms with Crippen molar-refractivity contribution in [1.29, 1.82) is 0 Å². The zero-order valence-corrected chi connectivity index (χ0v) is 12.7. The van der Waals surface area contributed by atoms with Crippen LogP contribution < -0.4 is 0 Å². The quantitative estimate of drug-likeness (QED) is 0.399. The molecule has 0 saturated heterocycles. The highest BCUT2D eigenvalue weighted by Gasteiger charge is 2.48. The van der Waals surface area contributed by atoms with Crippen LogP contribution in [0.5, 0.6) is 0 Å². The molecule has 0 atom stereocenters. The number of methoxy groups -OCH3 is 3. The van der Waals surface area contributed by atoms with E-state index in [1.807, 2.05) is 0 Å². The largest absolute Gasteiger partial charge is 0.469 e. The normalized spacial score (nSPS) is 10.5. The van der Waals surface area contributed by atoms with Crippen molar-refractivity contribution in [2.45, 2.75) is 19.3 Å². The SMILES string of the molecule is C=C(Br)CC(CCC(=O)OC)(C(=O)OC)C(=O)OC. The Balaban J connectivity index is 5.35. The summed E-state index contributed by atoms with van der Waals surface area (Å²) >= 11 is 3.10. The van der Waals surface area contributed by atoms with Crippen molar-refractivity contribution in [3.63, 3.8) is 0 Å². The number of esters is 3. The van der Waals surface area contributed by atoms with Crippen LogP contribution in [0.1, 0.15) is 19.3 Å². The minimum absolute atomic E-state index is 0.0245. The second-order valence-corrected chi connectivity index (χ2v) is 4.96. The molecule has 0 bridgehead atoms. The van der Waals surface area contributed by atoms with E-state index in [0.29, 0.717) is 4.48 Å². The summed E-state index contributed by atoms with van der Waals surface area (Å²) in [5.74, 6) is -2.08. The van der Waals surface area contributed by atoms with Crippen LogP contribution in [0.15, 0.2) is 11.1 Å². The lowest BCUT2D eigenvalue weighted by Gasteiger charge is -2.27. The average molecular weight is 337 g/mol. The molecule has 0 radical (unpaired) electrons. The minimum Gasteiger partial charge on any atom is -0.469 e. The van der Waals surface area contributed by atoms with Crippen LogP contribution in [0.4, 0.5) is 0 Å². The van der Waals surface area contributed by atoms with Crippen LogP contribution in [0, 0.1) is 5.41 Å². The van der Waals surface area contributed by atoms with E-state index in [2.05, 4.69) is 36.7 Å². The Labute approximate surface area is 120 Å². The van der Waals surface area contributed by atoms with Gasteiger partial charge in [0, 0.05) is 12.8 Å². The summed E-state index contributed by atoms with van der Waals surface area (Å²) in [7, 11) is 3.55.